The summed E-state index contributed by atoms with van der Waals surface area (Å²) in [4.78, 5) is 26.3. The Labute approximate surface area is 157 Å². The van der Waals surface area contributed by atoms with Crippen LogP contribution in [0.25, 0.3) is 6.08 Å². The number of fused-ring (bicyclic) bond motifs is 1. The molecule has 4 nitrogen and oxygen atoms in total. The normalized spacial score (nSPS) is 23.3. The summed E-state index contributed by atoms with van der Waals surface area (Å²) < 4.78 is 6.14. The number of ether oxygens (including phenoxy) is 1. The van der Waals surface area contributed by atoms with Crippen molar-refractivity contribution < 1.29 is 14.3 Å². The fourth-order valence-electron chi connectivity index (χ4n) is 3.94. The van der Waals surface area contributed by atoms with Gasteiger partial charge in [0.15, 0.2) is 6.61 Å². The first kappa shape index (κ1) is 18.2. The van der Waals surface area contributed by atoms with Gasteiger partial charge in [-0.15, -0.1) is 0 Å². The number of halogens is 1. The average molecular weight is 406 g/mol. The van der Waals surface area contributed by atoms with Crippen LogP contribution in [0.15, 0.2) is 34.8 Å². The summed E-state index contributed by atoms with van der Waals surface area (Å²) in [6, 6.07) is 7.97. The van der Waals surface area contributed by atoms with E-state index in [-0.39, 0.29) is 12.5 Å². The number of benzene rings is 1. The molecule has 0 aromatic heterocycles. The number of hydrogen-bond acceptors (Lipinski definition) is 3. The third-order valence-electron chi connectivity index (χ3n) is 5.18. The predicted molar refractivity (Wildman–Crippen MR) is 101 cm³/mol. The van der Waals surface area contributed by atoms with Crippen LogP contribution in [0.2, 0.25) is 0 Å². The molecule has 1 aliphatic carbocycles. The summed E-state index contributed by atoms with van der Waals surface area (Å²) in [6.07, 6.45) is 10.1. The molecule has 1 heterocycles. The Bertz CT molecular complexity index is 639. The van der Waals surface area contributed by atoms with Crippen molar-refractivity contribution in [2.24, 2.45) is 5.92 Å². The van der Waals surface area contributed by atoms with Gasteiger partial charge in [-0.05, 0) is 55.4 Å². The highest BCUT2D eigenvalue weighted by molar-refractivity contribution is 9.10. The van der Waals surface area contributed by atoms with Gasteiger partial charge in [-0.3, -0.25) is 4.79 Å². The topological polar surface area (TPSA) is 46.6 Å². The second kappa shape index (κ2) is 8.65. The van der Waals surface area contributed by atoms with E-state index in [9.17, 15) is 9.59 Å². The summed E-state index contributed by atoms with van der Waals surface area (Å²) in [6.45, 7) is 0.638. The summed E-state index contributed by atoms with van der Waals surface area (Å²) in [5.41, 5.74) is 0.910. The second-order valence-electron chi connectivity index (χ2n) is 6.83. The van der Waals surface area contributed by atoms with Gasteiger partial charge in [0, 0.05) is 23.1 Å². The number of carbonyl (C=O) groups is 2. The van der Waals surface area contributed by atoms with Crippen molar-refractivity contribution in [3.05, 3.63) is 40.4 Å². The quantitative estimate of drug-likeness (QED) is 0.557. The number of amides is 1. The zero-order valence-electron chi connectivity index (χ0n) is 14.3. The maximum Gasteiger partial charge on any atom is 0.331 e. The molecule has 1 aliphatic heterocycles. The predicted octanol–water partition coefficient (Wildman–Crippen LogP) is 4.19. The van der Waals surface area contributed by atoms with E-state index in [0.29, 0.717) is 12.0 Å². The molecule has 0 unspecified atom stereocenters. The zero-order chi connectivity index (χ0) is 17.6. The van der Waals surface area contributed by atoms with Crippen LogP contribution >= 0.6 is 15.9 Å². The fourth-order valence-corrected chi connectivity index (χ4v) is 4.20. The van der Waals surface area contributed by atoms with E-state index in [0.717, 1.165) is 29.4 Å². The highest BCUT2D eigenvalue weighted by Crippen LogP contribution is 2.35. The van der Waals surface area contributed by atoms with Crippen molar-refractivity contribution in [2.45, 2.75) is 44.6 Å². The fraction of sp³-hybridized carbons (Fsp3) is 0.500. The first-order chi connectivity index (χ1) is 12.1. The second-order valence-corrected chi connectivity index (χ2v) is 7.75. The molecule has 0 N–H and O–H groups in total. The Balaban J connectivity index is 1.49. The molecular weight excluding hydrogens is 382 g/mol. The molecule has 1 saturated carbocycles. The van der Waals surface area contributed by atoms with Crippen molar-refractivity contribution >= 4 is 33.9 Å². The number of esters is 1. The van der Waals surface area contributed by atoms with Crippen LogP contribution in [0.3, 0.4) is 0 Å². The summed E-state index contributed by atoms with van der Waals surface area (Å²) >= 11 is 3.37. The Hall–Kier alpha value is -1.62. The van der Waals surface area contributed by atoms with Crippen LogP contribution < -0.4 is 0 Å². The van der Waals surface area contributed by atoms with Gasteiger partial charge in [0.1, 0.15) is 0 Å². The first-order valence-electron chi connectivity index (χ1n) is 9.03. The molecule has 0 radical (unpaired) electrons. The number of carbonyl (C=O) groups excluding carboxylic acids is 2. The molecule has 3 rings (SSSR count). The number of rotatable bonds is 4. The van der Waals surface area contributed by atoms with Crippen molar-refractivity contribution in [2.75, 3.05) is 13.2 Å². The van der Waals surface area contributed by atoms with Crippen LogP contribution in [0, 0.1) is 5.92 Å². The van der Waals surface area contributed by atoms with Crippen molar-refractivity contribution in [1.82, 2.24) is 4.90 Å². The van der Waals surface area contributed by atoms with Crippen molar-refractivity contribution in [3.8, 4) is 0 Å². The van der Waals surface area contributed by atoms with E-state index >= 15 is 0 Å². The molecule has 0 bridgehead atoms. The molecule has 1 aromatic carbocycles. The summed E-state index contributed by atoms with van der Waals surface area (Å²) in [5, 5.41) is 0. The zero-order valence-corrected chi connectivity index (χ0v) is 15.9. The third-order valence-corrected chi connectivity index (χ3v) is 5.71. The molecule has 1 amide bonds. The first-order valence-corrected chi connectivity index (χ1v) is 9.82. The highest BCUT2D eigenvalue weighted by atomic mass is 79.9. The molecule has 2 aliphatic rings. The Morgan fingerprint density at radius 3 is 2.64 bits per heavy atom. The van der Waals surface area contributed by atoms with Crippen LogP contribution in [0.4, 0.5) is 0 Å². The minimum atomic E-state index is -0.478. The van der Waals surface area contributed by atoms with Gasteiger partial charge in [-0.2, -0.15) is 0 Å². The van der Waals surface area contributed by atoms with E-state index in [1.165, 1.54) is 31.8 Å². The Morgan fingerprint density at radius 2 is 1.84 bits per heavy atom. The van der Waals surface area contributed by atoms with Crippen molar-refractivity contribution in [1.29, 1.82) is 0 Å². The average Bonchev–Trinajstić information content (AvgIpc) is 2.65. The Kier molecular flexibility index (Phi) is 6.29. The minimum absolute atomic E-state index is 0.0537. The number of hydrogen-bond donors (Lipinski definition) is 0. The van der Waals surface area contributed by atoms with Gasteiger partial charge in [0.05, 0.1) is 0 Å². The molecular formula is C20H24BrNO3. The number of nitrogens with zero attached hydrogens (tertiary/aromatic N) is 1. The summed E-state index contributed by atoms with van der Waals surface area (Å²) in [5.74, 6) is 0.106. The maximum atomic E-state index is 12.5. The molecule has 134 valence electrons. The van der Waals surface area contributed by atoms with Gasteiger partial charge in [0.25, 0.3) is 5.91 Å². The lowest BCUT2D eigenvalue weighted by Gasteiger charge is -2.44. The Morgan fingerprint density at radius 1 is 1.12 bits per heavy atom. The van der Waals surface area contributed by atoms with Crippen LogP contribution in [-0.2, 0) is 14.3 Å². The molecule has 2 fully saturated rings. The number of likely N-dealkylation sites (tertiary alicyclic amines) is 1. The van der Waals surface area contributed by atoms with Gasteiger partial charge in [-0.1, -0.05) is 40.9 Å². The number of piperidine rings is 1. The van der Waals surface area contributed by atoms with Gasteiger partial charge >= 0.3 is 5.97 Å². The van der Waals surface area contributed by atoms with E-state index < -0.39 is 5.97 Å². The van der Waals surface area contributed by atoms with E-state index in [4.69, 9.17) is 4.74 Å². The molecule has 25 heavy (non-hydrogen) atoms. The van der Waals surface area contributed by atoms with Gasteiger partial charge in [-0.25, -0.2) is 4.79 Å². The largest absolute Gasteiger partial charge is 0.452 e. The maximum absolute atomic E-state index is 12.5. The lowest BCUT2D eigenvalue weighted by atomic mass is 9.78. The van der Waals surface area contributed by atoms with Crippen molar-refractivity contribution in [3.63, 3.8) is 0 Å². The lowest BCUT2D eigenvalue weighted by Crippen LogP contribution is -2.50. The summed E-state index contributed by atoms with van der Waals surface area (Å²) in [7, 11) is 0. The third kappa shape index (κ3) is 4.94. The van der Waals surface area contributed by atoms with E-state index in [1.54, 1.807) is 6.08 Å². The SMILES string of the molecule is O=C(/C=C/c1ccc(Br)cc1)OCC(=O)N1CCC[C@@H]2CCCC[C@@H]21. The smallest absolute Gasteiger partial charge is 0.331 e. The monoisotopic (exact) mass is 405 g/mol. The highest BCUT2D eigenvalue weighted by Gasteiger charge is 2.35. The molecule has 2 atom stereocenters. The standard InChI is InChI=1S/C20H24BrNO3/c21-17-10-7-15(8-11-17)9-12-20(24)25-14-19(23)22-13-3-5-16-4-1-2-6-18(16)22/h7-12,16,18H,1-6,13-14H2/b12-9+/t16-,18-/m0/s1. The van der Waals surface area contributed by atoms with E-state index in [1.807, 2.05) is 29.2 Å². The molecule has 5 heteroatoms. The minimum Gasteiger partial charge on any atom is -0.452 e. The lowest BCUT2D eigenvalue weighted by molar-refractivity contribution is -0.151. The molecule has 0 spiro atoms. The van der Waals surface area contributed by atoms with Gasteiger partial charge in [0.2, 0.25) is 0 Å². The molecule has 1 aromatic rings. The van der Waals surface area contributed by atoms with Crippen LogP contribution in [-0.4, -0.2) is 36.0 Å². The van der Waals surface area contributed by atoms with Crippen LogP contribution in [0.1, 0.15) is 44.1 Å². The van der Waals surface area contributed by atoms with Crippen LogP contribution in [0.5, 0.6) is 0 Å². The van der Waals surface area contributed by atoms with E-state index in [2.05, 4.69) is 15.9 Å². The van der Waals surface area contributed by atoms with Gasteiger partial charge < -0.3 is 9.64 Å². The molecule has 1 saturated heterocycles.